The van der Waals surface area contributed by atoms with Crippen LogP contribution in [0.2, 0.25) is 0 Å². The maximum Gasteiger partial charge on any atom is 0.0555 e. The zero-order chi connectivity index (χ0) is 21.5. The van der Waals surface area contributed by atoms with Gasteiger partial charge in [-0.1, -0.05) is 38.1 Å². The normalized spacial score (nSPS) is 23.3. The van der Waals surface area contributed by atoms with Crippen LogP contribution in [-0.2, 0) is 18.4 Å². The van der Waals surface area contributed by atoms with Gasteiger partial charge in [0.25, 0.3) is 0 Å². The quantitative estimate of drug-likeness (QED) is 0.377. The summed E-state index contributed by atoms with van der Waals surface area (Å²) < 4.78 is 0. The van der Waals surface area contributed by atoms with Crippen LogP contribution >= 0.6 is 11.3 Å². The van der Waals surface area contributed by atoms with Gasteiger partial charge < -0.3 is 10.7 Å². The van der Waals surface area contributed by atoms with E-state index >= 15 is 0 Å². The standard InChI is InChI=1S/C27H31N3S/c1-26(2)18-20(11-14-27(26,28)24-8-5-17-31-24)25-22(10-9-19-12-15-29-16-13-19)21-6-3-4-7-23(21)30-25/h3-8,12-13,15-17,20,30H,9-11,14,18,28H2,1-2H3. The van der Waals surface area contributed by atoms with Crippen molar-refractivity contribution in [3.05, 3.63) is 88.0 Å². The Labute approximate surface area is 188 Å². The van der Waals surface area contributed by atoms with Gasteiger partial charge in [-0.05, 0) is 84.2 Å². The molecule has 31 heavy (non-hydrogen) atoms. The second-order valence-corrected chi connectivity index (χ2v) is 10.6. The first-order valence-corrected chi connectivity index (χ1v) is 12.2. The molecule has 3 N–H and O–H groups in total. The summed E-state index contributed by atoms with van der Waals surface area (Å²) >= 11 is 1.80. The summed E-state index contributed by atoms with van der Waals surface area (Å²) in [6.07, 6.45) is 9.08. The number of nitrogens with zero attached hydrogens (tertiary/aromatic N) is 1. The first-order chi connectivity index (χ1) is 15.0. The highest BCUT2D eigenvalue weighted by Gasteiger charge is 2.49. The van der Waals surface area contributed by atoms with Crippen LogP contribution in [0.5, 0.6) is 0 Å². The number of thiophene rings is 1. The van der Waals surface area contributed by atoms with E-state index in [4.69, 9.17) is 5.73 Å². The van der Waals surface area contributed by atoms with E-state index < -0.39 is 0 Å². The van der Waals surface area contributed by atoms with Gasteiger partial charge in [0, 0.05) is 33.9 Å². The van der Waals surface area contributed by atoms with Crippen LogP contribution in [0.25, 0.3) is 10.9 Å². The number of hydrogen-bond donors (Lipinski definition) is 2. The van der Waals surface area contributed by atoms with Crippen molar-refractivity contribution in [3.63, 3.8) is 0 Å². The van der Waals surface area contributed by atoms with Crippen LogP contribution in [-0.4, -0.2) is 9.97 Å². The maximum atomic E-state index is 7.09. The molecule has 1 fully saturated rings. The van der Waals surface area contributed by atoms with Crippen LogP contribution in [0.1, 0.15) is 60.7 Å². The Kier molecular flexibility index (Phi) is 5.23. The van der Waals surface area contributed by atoms with E-state index in [9.17, 15) is 0 Å². The smallest absolute Gasteiger partial charge is 0.0555 e. The first kappa shape index (κ1) is 20.5. The van der Waals surface area contributed by atoms with Crippen molar-refractivity contribution in [1.29, 1.82) is 0 Å². The molecule has 0 bridgehead atoms. The Bertz CT molecular complexity index is 1160. The van der Waals surface area contributed by atoms with Crippen LogP contribution in [0, 0.1) is 5.41 Å². The number of aromatic amines is 1. The maximum absolute atomic E-state index is 7.09. The molecule has 4 heteroatoms. The van der Waals surface area contributed by atoms with Crippen LogP contribution in [0.4, 0.5) is 0 Å². The Morgan fingerprint density at radius 3 is 2.61 bits per heavy atom. The third kappa shape index (κ3) is 3.62. The lowest BCUT2D eigenvalue weighted by Crippen LogP contribution is -2.52. The summed E-state index contributed by atoms with van der Waals surface area (Å²) in [5, 5.41) is 3.52. The average Bonchev–Trinajstić information content (AvgIpc) is 3.43. The van der Waals surface area contributed by atoms with Gasteiger partial charge in [0.15, 0.2) is 0 Å². The molecule has 3 nitrogen and oxygen atoms in total. The monoisotopic (exact) mass is 429 g/mol. The molecule has 0 aliphatic heterocycles. The third-order valence-electron chi connectivity index (χ3n) is 7.48. The van der Waals surface area contributed by atoms with Gasteiger partial charge in [0.1, 0.15) is 0 Å². The van der Waals surface area contributed by atoms with E-state index in [1.807, 2.05) is 12.4 Å². The number of H-pyrrole nitrogens is 1. The van der Waals surface area contributed by atoms with Gasteiger partial charge in [-0.15, -0.1) is 11.3 Å². The fourth-order valence-corrected chi connectivity index (χ4v) is 6.58. The highest BCUT2D eigenvalue weighted by molar-refractivity contribution is 7.10. The molecular weight excluding hydrogens is 398 g/mol. The van der Waals surface area contributed by atoms with Crippen molar-refractivity contribution >= 4 is 22.2 Å². The van der Waals surface area contributed by atoms with Crippen molar-refractivity contribution in [2.45, 2.75) is 57.4 Å². The molecule has 160 valence electrons. The molecule has 0 saturated heterocycles. The molecule has 4 aromatic rings. The predicted octanol–water partition coefficient (Wildman–Crippen LogP) is 6.56. The summed E-state index contributed by atoms with van der Waals surface area (Å²) in [6, 6.07) is 17.4. The number of aryl methyl sites for hydroxylation is 2. The molecule has 2 unspecified atom stereocenters. The molecule has 1 aliphatic carbocycles. The van der Waals surface area contributed by atoms with E-state index in [1.54, 1.807) is 11.3 Å². The van der Waals surface area contributed by atoms with Gasteiger partial charge in [0.2, 0.25) is 0 Å². The van der Waals surface area contributed by atoms with E-state index in [0.29, 0.717) is 5.92 Å². The molecular formula is C27H31N3S. The number of nitrogens with two attached hydrogens (primary N) is 1. The summed E-state index contributed by atoms with van der Waals surface area (Å²) in [5.74, 6) is 0.506. The van der Waals surface area contributed by atoms with E-state index in [1.165, 1.54) is 32.6 Å². The summed E-state index contributed by atoms with van der Waals surface area (Å²) in [6.45, 7) is 4.72. The number of para-hydroxylation sites is 1. The number of nitrogens with one attached hydrogen (secondary N) is 1. The summed E-state index contributed by atoms with van der Waals surface area (Å²) in [4.78, 5) is 9.31. The lowest BCUT2D eigenvalue weighted by atomic mass is 9.59. The van der Waals surface area contributed by atoms with E-state index in [0.717, 1.165) is 32.1 Å². The highest BCUT2D eigenvalue weighted by Crippen LogP contribution is 2.54. The van der Waals surface area contributed by atoms with Crippen molar-refractivity contribution in [2.75, 3.05) is 0 Å². The largest absolute Gasteiger partial charge is 0.358 e. The minimum Gasteiger partial charge on any atom is -0.358 e. The van der Waals surface area contributed by atoms with Crippen LogP contribution < -0.4 is 5.73 Å². The van der Waals surface area contributed by atoms with Crippen molar-refractivity contribution in [1.82, 2.24) is 9.97 Å². The lowest BCUT2D eigenvalue weighted by molar-refractivity contribution is 0.0855. The van der Waals surface area contributed by atoms with Crippen molar-refractivity contribution in [3.8, 4) is 0 Å². The SMILES string of the molecule is CC1(C)CC(c2[nH]c3ccccc3c2CCc2ccncc2)CCC1(N)c1cccs1. The van der Waals surface area contributed by atoms with Crippen molar-refractivity contribution < 1.29 is 0 Å². The molecule has 0 amide bonds. The topological polar surface area (TPSA) is 54.7 Å². The molecule has 3 aromatic heterocycles. The predicted molar refractivity (Wildman–Crippen MR) is 131 cm³/mol. The molecule has 0 radical (unpaired) electrons. The molecule has 3 heterocycles. The third-order valence-corrected chi connectivity index (χ3v) is 8.53. The Hall–Kier alpha value is -2.43. The molecule has 1 saturated carbocycles. The molecule has 1 aromatic carbocycles. The molecule has 5 rings (SSSR count). The minimum atomic E-state index is -0.249. The van der Waals surface area contributed by atoms with Crippen LogP contribution in [0.15, 0.2) is 66.3 Å². The molecule has 1 aliphatic rings. The highest BCUT2D eigenvalue weighted by atomic mass is 32.1. The zero-order valence-corrected chi connectivity index (χ0v) is 19.2. The minimum absolute atomic E-state index is 0.0282. The van der Waals surface area contributed by atoms with E-state index in [2.05, 4.69) is 77.7 Å². The van der Waals surface area contributed by atoms with Crippen LogP contribution in [0.3, 0.4) is 0 Å². The Morgan fingerprint density at radius 2 is 1.87 bits per heavy atom. The second kappa shape index (κ2) is 7.92. The summed E-state index contributed by atoms with van der Waals surface area (Å²) in [7, 11) is 0. The fraction of sp³-hybridized carbons (Fsp3) is 0.370. The summed E-state index contributed by atoms with van der Waals surface area (Å²) in [5.41, 5.74) is 12.4. The van der Waals surface area contributed by atoms with Gasteiger partial charge in [-0.2, -0.15) is 0 Å². The zero-order valence-electron chi connectivity index (χ0n) is 18.4. The van der Waals surface area contributed by atoms with Gasteiger partial charge >= 0.3 is 0 Å². The van der Waals surface area contributed by atoms with Gasteiger partial charge in [-0.3, -0.25) is 4.98 Å². The fourth-order valence-electron chi connectivity index (χ4n) is 5.53. The average molecular weight is 430 g/mol. The molecule has 2 atom stereocenters. The van der Waals surface area contributed by atoms with Gasteiger partial charge in [0.05, 0.1) is 5.54 Å². The number of rotatable bonds is 5. The van der Waals surface area contributed by atoms with Crippen molar-refractivity contribution in [2.24, 2.45) is 11.1 Å². The first-order valence-electron chi connectivity index (χ1n) is 11.3. The number of fused-ring (bicyclic) bond motifs is 1. The number of benzene rings is 1. The van der Waals surface area contributed by atoms with E-state index in [-0.39, 0.29) is 11.0 Å². The number of hydrogen-bond acceptors (Lipinski definition) is 3. The number of pyridine rings is 1. The Balaban J connectivity index is 1.47. The number of aromatic nitrogens is 2. The second-order valence-electron chi connectivity index (χ2n) is 9.69. The lowest BCUT2D eigenvalue weighted by Gasteiger charge is -2.50. The Morgan fingerprint density at radius 1 is 1.06 bits per heavy atom. The molecule has 0 spiro atoms. The van der Waals surface area contributed by atoms with Gasteiger partial charge in [-0.25, -0.2) is 0 Å².